The van der Waals surface area contributed by atoms with Gasteiger partial charge < -0.3 is 15.9 Å². The summed E-state index contributed by atoms with van der Waals surface area (Å²) in [6.07, 6.45) is 0. The average Bonchev–Trinajstić information content (AvgIpc) is 2.97. The predicted molar refractivity (Wildman–Crippen MR) is 81.9 cm³/mol. The van der Waals surface area contributed by atoms with E-state index in [-0.39, 0.29) is 22.0 Å². The number of amides is 1. The summed E-state index contributed by atoms with van der Waals surface area (Å²) < 4.78 is 1.11. The molecule has 2 atom stereocenters. The zero-order valence-electron chi connectivity index (χ0n) is 12.0. The number of hydrogen-bond acceptors (Lipinski definition) is 9. The Kier molecular flexibility index (Phi) is 4.47. The van der Waals surface area contributed by atoms with E-state index in [9.17, 15) is 19.5 Å². The molecular formula is C11H12N6O5S2. The molecule has 0 aliphatic carbocycles. The van der Waals surface area contributed by atoms with Gasteiger partial charge in [0.05, 0.1) is 0 Å². The molecule has 11 nitrogen and oxygen atoms in total. The lowest BCUT2D eigenvalue weighted by molar-refractivity contribution is -0.147. The van der Waals surface area contributed by atoms with Crippen molar-refractivity contribution in [1.82, 2.24) is 25.1 Å². The normalized spacial score (nSPS) is 23.0. The molecule has 0 radical (unpaired) electrons. The van der Waals surface area contributed by atoms with Crippen LogP contribution in [-0.4, -0.2) is 76.1 Å². The van der Waals surface area contributed by atoms with Crippen molar-refractivity contribution in [1.29, 1.82) is 0 Å². The summed E-state index contributed by atoms with van der Waals surface area (Å²) in [5.41, 5.74) is 6.16. The summed E-state index contributed by atoms with van der Waals surface area (Å²) in [4.78, 5) is 35.3. The first-order valence-electron chi connectivity index (χ1n) is 6.66. The van der Waals surface area contributed by atoms with Gasteiger partial charge in [-0.25, -0.2) is 9.48 Å². The number of carbonyl (C=O) groups is 3. The van der Waals surface area contributed by atoms with Gasteiger partial charge in [-0.2, -0.15) is 0 Å². The molecule has 1 fully saturated rings. The van der Waals surface area contributed by atoms with Crippen LogP contribution in [0, 0.1) is 0 Å². The second-order valence-electron chi connectivity index (χ2n) is 4.99. The number of hydrogen-bond donors (Lipinski definition) is 3. The van der Waals surface area contributed by atoms with E-state index in [1.807, 2.05) is 0 Å². The first-order chi connectivity index (χ1) is 11.4. The standard InChI is InChI=1S/C11H12N6O5S2/c12-6-8(20)17-7(10(21)22)4(2-23-9(6)17)3-24-11-13-14-15-16(11)1-5(18)19/h6,9H,1-3,12H2,(H,18,19)(H,21,22). The molecule has 1 aromatic heterocycles. The number of nitrogens with zero attached hydrogens (tertiary/aromatic N) is 5. The maximum Gasteiger partial charge on any atom is 0.352 e. The minimum absolute atomic E-state index is 0.0600. The van der Waals surface area contributed by atoms with Gasteiger partial charge in [0.25, 0.3) is 0 Å². The largest absolute Gasteiger partial charge is 0.480 e. The molecule has 1 amide bonds. The summed E-state index contributed by atoms with van der Waals surface area (Å²) in [5.74, 6) is -2.06. The zero-order chi connectivity index (χ0) is 17.4. The summed E-state index contributed by atoms with van der Waals surface area (Å²) in [6.45, 7) is -0.392. The van der Waals surface area contributed by atoms with Crippen LogP contribution in [0.25, 0.3) is 0 Å². The van der Waals surface area contributed by atoms with Gasteiger partial charge in [0.15, 0.2) is 0 Å². The number of rotatable bonds is 6. The first kappa shape index (κ1) is 16.7. The SMILES string of the molecule is NC1C(=O)N2C(C(=O)O)=C(CSc3nnnn3CC(=O)O)CSC12. The number of carbonyl (C=O) groups excluding carboxylic acids is 1. The Bertz CT molecular complexity index is 749. The number of aromatic nitrogens is 4. The second kappa shape index (κ2) is 6.41. The summed E-state index contributed by atoms with van der Waals surface area (Å²) in [7, 11) is 0. The number of tetrazole rings is 1. The summed E-state index contributed by atoms with van der Waals surface area (Å²) >= 11 is 2.51. The van der Waals surface area contributed by atoms with Crippen molar-refractivity contribution in [3.05, 3.63) is 11.3 Å². The van der Waals surface area contributed by atoms with Crippen LogP contribution in [0.4, 0.5) is 0 Å². The number of nitrogens with two attached hydrogens (primary N) is 1. The topological polar surface area (TPSA) is 165 Å². The molecule has 13 heteroatoms. The molecule has 128 valence electrons. The van der Waals surface area contributed by atoms with Crippen LogP contribution in [0.5, 0.6) is 0 Å². The maximum absolute atomic E-state index is 11.8. The van der Waals surface area contributed by atoms with Gasteiger partial charge in [-0.15, -0.1) is 16.9 Å². The monoisotopic (exact) mass is 372 g/mol. The Morgan fingerprint density at radius 2 is 2.17 bits per heavy atom. The van der Waals surface area contributed by atoms with Crippen molar-refractivity contribution in [3.8, 4) is 0 Å². The second-order valence-corrected chi connectivity index (χ2v) is 7.04. The Morgan fingerprint density at radius 1 is 1.42 bits per heavy atom. The molecule has 2 aliphatic rings. The van der Waals surface area contributed by atoms with E-state index in [0.717, 1.165) is 16.4 Å². The molecule has 24 heavy (non-hydrogen) atoms. The highest BCUT2D eigenvalue weighted by molar-refractivity contribution is 8.01. The maximum atomic E-state index is 11.8. The quantitative estimate of drug-likeness (QED) is 0.390. The lowest BCUT2D eigenvalue weighted by Gasteiger charge is -2.48. The van der Waals surface area contributed by atoms with Crippen molar-refractivity contribution in [2.24, 2.45) is 5.73 Å². The van der Waals surface area contributed by atoms with E-state index in [1.54, 1.807) is 0 Å². The van der Waals surface area contributed by atoms with Crippen molar-refractivity contribution < 1.29 is 24.6 Å². The molecule has 0 bridgehead atoms. The van der Waals surface area contributed by atoms with Crippen molar-refractivity contribution in [2.45, 2.75) is 23.1 Å². The smallest absolute Gasteiger partial charge is 0.352 e. The molecular weight excluding hydrogens is 360 g/mol. The Morgan fingerprint density at radius 3 is 2.83 bits per heavy atom. The number of carboxylic acid groups (broad SMARTS) is 2. The summed E-state index contributed by atoms with van der Waals surface area (Å²) in [5, 5.41) is 28.8. The highest BCUT2D eigenvalue weighted by Crippen LogP contribution is 2.40. The van der Waals surface area contributed by atoms with Gasteiger partial charge in [-0.3, -0.25) is 14.5 Å². The van der Waals surface area contributed by atoms with Crippen LogP contribution >= 0.6 is 23.5 Å². The third-order valence-electron chi connectivity index (χ3n) is 3.45. The Labute approximate surface area is 143 Å². The number of β-lactam (4-membered cyclic amide) rings is 1. The fourth-order valence-corrected chi connectivity index (χ4v) is 4.68. The lowest BCUT2D eigenvalue weighted by atomic mass is 10.0. The molecule has 1 aromatic rings. The van der Waals surface area contributed by atoms with E-state index in [1.165, 1.54) is 16.7 Å². The van der Waals surface area contributed by atoms with Gasteiger partial charge in [0.2, 0.25) is 11.1 Å². The predicted octanol–water partition coefficient (Wildman–Crippen LogP) is -1.57. The molecule has 0 spiro atoms. The molecule has 1 saturated heterocycles. The number of thioether (sulfide) groups is 2. The number of aliphatic carboxylic acids is 2. The third-order valence-corrected chi connectivity index (χ3v) is 5.85. The minimum atomic E-state index is -1.19. The van der Waals surface area contributed by atoms with Gasteiger partial charge in [-0.05, 0) is 16.0 Å². The van der Waals surface area contributed by atoms with E-state index in [2.05, 4.69) is 15.5 Å². The third kappa shape index (κ3) is 2.85. The Hall–Kier alpha value is -2.12. The molecule has 0 saturated carbocycles. The molecule has 2 aliphatic heterocycles. The van der Waals surface area contributed by atoms with E-state index >= 15 is 0 Å². The van der Waals surface area contributed by atoms with Crippen molar-refractivity contribution >= 4 is 41.4 Å². The Balaban J connectivity index is 1.78. The van der Waals surface area contributed by atoms with Gasteiger partial charge in [-0.1, -0.05) is 11.8 Å². The first-order valence-corrected chi connectivity index (χ1v) is 8.70. The highest BCUT2D eigenvalue weighted by Gasteiger charge is 2.51. The fourth-order valence-electron chi connectivity index (χ4n) is 2.37. The van der Waals surface area contributed by atoms with Gasteiger partial charge >= 0.3 is 11.9 Å². The summed E-state index contributed by atoms with van der Waals surface area (Å²) in [6, 6.07) is -0.679. The van der Waals surface area contributed by atoms with E-state index < -0.39 is 30.4 Å². The van der Waals surface area contributed by atoms with Crippen molar-refractivity contribution in [2.75, 3.05) is 11.5 Å². The molecule has 3 heterocycles. The number of fused-ring (bicyclic) bond motifs is 1. The zero-order valence-corrected chi connectivity index (χ0v) is 13.7. The molecule has 0 aromatic carbocycles. The van der Waals surface area contributed by atoms with Crippen LogP contribution in [0.3, 0.4) is 0 Å². The van der Waals surface area contributed by atoms with Crippen LogP contribution in [0.2, 0.25) is 0 Å². The highest BCUT2D eigenvalue weighted by atomic mass is 32.2. The van der Waals surface area contributed by atoms with Crippen LogP contribution in [0.1, 0.15) is 0 Å². The minimum Gasteiger partial charge on any atom is -0.480 e. The number of carboxylic acids is 2. The van der Waals surface area contributed by atoms with Crippen LogP contribution in [0.15, 0.2) is 16.4 Å². The molecule has 4 N–H and O–H groups in total. The average molecular weight is 372 g/mol. The van der Waals surface area contributed by atoms with Gasteiger partial charge in [0, 0.05) is 11.5 Å². The molecule has 2 unspecified atom stereocenters. The van der Waals surface area contributed by atoms with Crippen LogP contribution < -0.4 is 5.73 Å². The lowest BCUT2D eigenvalue weighted by Crippen LogP contribution is -2.68. The van der Waals surface area contributed by atoms with E-state index in [4.69, 9.17) is 10.8 Å². The van der Waals surface area contributed by atoms with E-state index in [0.29, 0.717) is 11.3 Å². The molecule has 3 rings (SSSR count). The van der Waals surface area contributed by atoms with Crippen LogP contribution in [-0.2, 0) is 20.9 Å². The van der Waals surface area contributed by atoms with Gasteiger partial charge in [0.1, 0.15) is 23.7 Å². The fraction of sp³-hybridized carbons (Fsp3) is 0.455. The van der Waals surface area contributed by atoms with Crippen molar-refractivity contribution in [3.63, 3.8) is 0 Å².